The Morgan fingerprint density at radius 2 is 1.91 bits per heavy atom. The first-order valence-corrected chi connectivity index (χ1v) is 12.3. The molecule has 2 amide bonds. The lowest BCUT2D eigenvalue weighted by Crippen LogP contribution is -2.49. The fourth-order valence-electron chi connectivity index (χ4n) is 4.56. The third-order valence-corrected chi connectivity index (χ3v) is 6.62. The molecule has 7 heteroatoms. The van der Waals surface area contributed by atoms with Gasteiger partial charge in [0.25, 0.3) is 5.91 Å². The zero-order valence-corrected chi connectivity index (χ0v) is 20.0. The van der Waals surface area contributed by atoms with E-state index >= 15 is 0 Å². The summed E-state index contributed by atoms with van der Waals surface area (Å²) in [4.78, 5) is 32.1. The van der Waals surface area contributed by atoms with Crippen molar-refractivity contribution in [3.05, 3.63) is 65.6 Å². The zero-order valence-electron chi connectivity index (χ0n) is 20.0. The fraction of sp³-hybridized carbons (Fsp3) is 0.481. The summed E-state index contributed by atoms with van der Waals surface area (Å²) in [7, 11) is 0. The Balaban J connectivity index is 1.25. The summed E-state index contributed by atoms with van der Waals surface area (Å²) in [5.74, 6) is 0.615. The minimum atomic E-state index is -0.0930. The van der Waals surface area contributed by atoms with Crippen LogP contribution in [0.25, 0.3) is 6.08 Å². The van der Waals surface area contributed by atoms with Gasteiger partial charge in [-0.15, -0.1) is 0 Å². The molecule has 0 bridgehead atoms. The number of hydrogen-bond acceptors (Lipinski definition) is 5. The van der Waals surface area contributed by atoms with E-state index < -0.39 is 0 Å². The van der Waals surface area contributed by atoms with Crippen LogP contribution in [0.15, 0.2) is 53.2 Å². The smallest absolute Gasteiger partial charge is 0.257 e. The summed E-state index contributed by atoms with van der Waals surface area (Å²) in [6.07, 6.45) is 8.18. The number of hydrogen-bond donors (Lipinski definition) is 0. The van der Waals surface area contributed by atoms with Crippen molar-refractivity contribution in [1.29, 1.82) is 0 Å². The lowest BCUT2D eigenvalue weighted by molar-refractivity contribution is -0.133. The number of rotatable bonds is 9. The first-order valence-electron chi connectivity index (χ1n) is 12.3. The van der Waals surface area contributed by atoms with E-state index in [2.05, 4.69) is 29.2 Å². The minimum absolute atomic E-state index is 0.0405. The van der Waals surface area contributed by atoms with E-state index in [4.69, 9.17) is 9.15 Å². The van der Waals surface area contributed by atoms with E-state index in [1.165, 1.54) is 11.8 Å². The molecule has 182 valence electrons. The van der Waals surface area contributed by atoms with E-state index in [0.29, 0.717) is 30.8 Å². The Bertz CT molecular complexity index is 957. The monoisotopic (exact) mass is 465 g/mol. The highest BCUT2D eigenvalue weighted by molar-refractivity contribution is 5.95. The highest BCUT2D eigenvalue weighted by Gasteiger charge is 2.27. The molecular weight excluding hydrogens is 430 g/mol. The van der Waals surface area contributed by atoms with Crippen molar-refractivity contribution in [3.8, 4) is 0 Å². The van der Waals surface area contributed by atoms with Crippen LogP contribution in [0.3, 0.4) is 0 Å². The van der Waals surface area contributed by atoms with Crippen molar-refractivity contribution < 1.29 is 18.7 Å². The number of amides is 2. The van der Waals surface area contributed by atoms with E-state index in [1.54, 1.807) is 17.9 Å². The largest absolute Gasteiger partial charge is 0.469 e. The van der Waals surface area contributed by atoms with Gasteiger partial charge >= 0.3 is 0 Å². The Hall–Kier alpha value is -2.90. The van der Waals surface area contributed by atoms with Gasteiger partial charge < -0.3 is 19.0 Å². The molecule has 2 fully saturated rings. The first kappa shape index (κ1) is 24.2. The SMILES string of the molecule is Cc1occc1C(=O)N(CCC(=O)N1CCN(C/C=C/c2ccccc2)CC1)CC1CCCO1. The van der Waals surface area contributed by atoms with Crippen molar-refractivity contribution in [3.63, 3.8) is 0 Å². The van der Waals surface area contributed by atoms with Gasteiger partial charge in [-0.3, -0.25) is 14.5 Å². The number of piperazine rings is 1. The van der Waals surface area contributed by atoms with Gasteiger partial charge in [0.05, 0.1) is 17.9 Å². The third kappa shape index (κ3) is 6.58. The second kappa shape index (κ2) is 12.0. The van der Waals surface area contributed by atoms with Crippen LogP contribution >= 0.6 is 0 Å². The molecule has 0 N–H and O–H groups in total. The summed E-state index contributed by atoms with van der Waals surface area (Å²) in [6.45, 7) is 7.47. The molecule has 2 aromatic rings. The van der Waals surface area contributed by atoms with Crippen LogP contribution in [-0.2, 0) is 9.53 Å². The summed E-state index contributed by atoms with van der Waals surface area (Å²) < 4.78 is 11.1. The maximum Gasteiger partial charge on any atom is 0.257 e. The van der Waals surface area contributed by atoms with Gasteiger partial charge in [0.2, 0.25) is 5.91 Å². The predicted octanol–water partition coefficient (Wildman–Crippen LogP) is 3.46. The predicted molar refractivity (Wildman–Crippen MR) is 131 cm³/mol. The number of carbonyl (C=O) groups excluding carboxylic acids is 2. The summed E-state index contributed by atoms with van der Waals surface area (Å²) in [5.41, 5.74) is 1.76. The Morgan fingerprint density at radius 3 is 2.59 bits per heavy atom. The van der Waals surface area contributed by atoms with Gasteiger partial charge in [0.15, 0.2) is 0 Å². The molecule has 7 nitrogen and oxygen atoms in total. The van der Waals surface area contributed by atoms with Crippen LogP contribution in [-0.4, -0.2) is 85.0 Å². The van der Waals surface area contributed by atoms with Crippen molar-refractivity contribution in [2.75, 3.05) is 52.4 Å². The Kier molecular flexibility index (Phi) is 8.55. The number of ether oxygens (including phenoxy) is 1. The van der Waals surface area contributed by atoms with Gasteiger partial charge in [-0.25, -0.2) is 0 Å². The number of furan rings is 1. The maximum atomic E-state index is 13.1. The van der Waals surface area contributed by atoms with Crippen molar-refractivity contribution >= 4 is 17.9 Å². The lowest BCUT2D eigenvalue weighted by atomic mass is 10.1. The van der Waals surface area contributed by atoms with E-state index in [1.807, 2.05) is 23.1 Å². The van der Waals surface area contributed by atoms with Crippen molar-refractivity contribution in [2.24, 2.45) is 0 Å². The molecule has 2 saturated heterocycles. The zero-order chi connectivity index (χ0) is 23.8. The molecule has 1 unspecified atom stereocenters. The average Bonchev–Trinajstić information content (AvgIpc) is 3.54. The Labute approximate surface area is 202 Å². The van der Waals surface area contributed by atoms with Crippen LogP contribution in [0.2, 0.25) is 0 Å². The molecule has 1 aromatic carbocycles. The molecule has 4 rings (SSSR count). The highest BCUT2D eigenvalue weighted by Crippen LogP contribution is 2.18. The topological polar surface area (TPSA) is 66.2 Å². The molecule has 0 spiro atoms. The average molecular weight is 466 g/mol. The van der Waals surface area contributed by atoms with Gasteiger partial charge in [-0.1, -0.05) is 42.5 Å². The summed E-state index contributed by atoms with van der Waals surface area (Å²) in [6, 6.07) is 12.0. The molecule has 2 aliphatic rings. The van der Waals surface area contributed by atoms with Gasteiger partial charge in [0.1, 0.15) is 5.76 Å². The second-order valence-electron chi connectivity index (χ2n) is 9.02. The van der Waals surface area contributed by atoms with Gasteiger partial charge in [-0.2, -0.15) is 0 Å². The van der Waals surface area contributed by atoms with E-state index in [9.17, 15) is 9.59 Å². The molecule has 3 heterocycles. The number of benzene rings is 1. The number of nitrogens with zero attached hydrogens (tertiary/aromatic N) is 3. The molecule has 34 heavy (non-hydrogen) atoms. The van der Waals surface area contributed by atoms with Crippen LogP contribution < -0.4 is 0 Å². The van der Waals surface area contributed by atoms with E-state index in [-0.39, 0.29) is 17.9 Å². The minimum Gasteiger partial charge on any atom is -0.469 e. The van der Waals surface area contributed by atoms with Crippen molar-refractivity contribution in [1.82, 2.24) is 14.7 Å². The maximum absolute atomic E-state index is 13.1. The van der Waals surface area contributed by atoms with Gasteiger partial charge in [-0.05, 0) is 31.4 Å². The van der Waals surface area contributed by atoms with Crippen molar-refractivity contribution in [2.45, 2.75) is 32.3 Å². The molecule has 1 aromatic heterocycles. The number of aryl methyl sites for hydroxylation is 1. The van der Waals surface area contributed by atoms with Crippen LogP contribution in [0.4, 0.5) is 0 Å². The summed E-state index contributed by atoms with van der Waals surface area (Å²) >= 11 is 0. The van der Waals surface area contributed by atoms with Crippen LogP contribution in [0, 0.1) is 6.92 Å². The first-order chi connectivity index (χ1) is 16.6. The normalized spacial score (nSPS) is 19.1. The molecule has 1 atom stereocenters. The quantitative estimate of drug-likeness (QED) is 0.568. The molecule has 0 radical (unpaired) electrons. The van der Waals surface area contributed by atoms with Gasteiger partial charge in [0, 0.05) is 58.8 Å². The molecule has 0 saturated carbocycles. The molecular formula is C27H35N3O4. The second-order valence-corrected chi connectivity index (χ2v) is 9.02. The molecule has 0 aliphatic carbocycles. The summed E-state index contributed by atoms with van der Waals surface area (Å²) in [5, 5.41) is 0. The lowest BCUT2D eigenvalue weighted by Gasteiger charge is -2.34. The molecule has 2 aliphatic heterocycles. The Morgan fingerprint density at radius 1 is 1.12 bits per heavy atom. The number of carbonyl (C=O) groups is 2. The fourth-order valence-corrected chi connectivity index (χ4v) is 4.56. The van der Waals surface area contributed by atoms with Crippen LogP contribution in [0.1, 0.15) is 40.9 Å². The van der Waals surface area contributed by atoms with E-state index in [0.717, 1.165) is 52.2 Å². The highest BCUT2D eigenvalue weighted by atomic mass is 16.5. The van der Waals surface area contributed by atoms with Crippen LogP contribution in [0.5, 0.6) is 0 Å². The third-order valence-electron chi connectivity index (χ3n) is 6.62. The standard InChI is InChI=1S/C27H35N3O4/c1-22-25(12-20-33-22)27(32)30(21-24-10-6-19-34-24)14-11-26(31)29-17-15-28(16-18-29)13-5-9-23-7-3-2-4-8-23/h2-5,7-9,12,20,24H,6,10-11,13-19,21H2,1H3/b9-5+.